The molecule has 3 heterocycles. The van der Waals surface area contributed by atoms with Crippen LogP contribution in [0.25, 0.3) is 11.4 Å². The normalized spacial score (nSPS) is 14.9. The van der Waals surface area contributed by atoms with Gasteiger partial charge in [0, 0.05) is 56.6 Å². The van der Waals surface area contributed by atoms with Crippen LogP contribution in [0.3, 0.4) is 0 Å². The Labute approximate surface area is 164 Å². The number of alkyl halides is 3. The van der Waals surface area contributed by atoms with Crippen molar-refractivity contribution in [2.75, 3.05) is 6.54 Å². The van der Waals surface area contributed by atoms with Gasteiger partial charge in [0.25, 0.3) is 0 Å². The van der Waals surface area contributed by atoms with Crippen LogP contribution in [0.15, 0.2) is 36.7 Å². The topological polar surface area (TPSA) is 46.8 Å². The van der Waals surface area contributed by atoms with E-state index in [0.717, 1.165) is 42.0 Å². The molecule has 1 aromatic carbocycles. The maximum atomic E-state index is 12.7. The molecule has 28 heavy (non-hydrogen) atoms. The van der Waals surface area contributed by atoms with E-state index in [1.165, 1.54) is 12.1 Å². The van der Waals surface area contributed by atoms with Gasteiger partial charge in [0.15, 0.2) is 5.82 Å². The summed E-state index contributed by atoms with van der Waals surface area (Å²) in [5.41, 5.74) is 2.65. The molecule has 2 aromatic heterocycles. The highest BCUT2D eigenvalue weighted by Gasteiger charge is 2.30. The molecule has 0 bridgehead atoms. The highest BCUT2D eigenvalue weighted by Crippen LogP contribution is 2.30. The Hall–Kier alpha value is -2.45. The second-order valence-corrected chi connectivity index (χ2v) is 7.21. The highest BCUT2D eigenvalue weighted by molar-refractivity contribution is 6.31. The van der Waals surface area contributed by atoms with E-state index in [1.54, 1.807) is 17.1 Å². The van der Waals surface area contributed by atoms with Gasteiger partial charge in [-0.1, -0.05) is 23.7 Å². The van der Waals surface area contributed by atoms with E-state index in [2.05, 4.69) is 20.0 Å². The fourth-order valence-corrected chi connectivity index (χ4v) is 3.52. The van der Waals surface area contributed by atoms with Gasteiger partial charge in [0.2, 0.25) is 0 Å². The van der Waals surface area contributed by atoms with Crippen LogP contribution in [-0.2, 0) is 32.7 Å². The first-order valence-electron chi connectivity index (χ1n) is 8.72. The highest BCUT2D eigenvalue weighted by atomic mass is 35.5. The molecular weight excluding hydrogens is 391 g/mol. The molecule has 0 radical (unpaired) electrons. The molecule has 0 aliphatic carbocycles. The molecule has 0 saturated heterocycles. The zero-order valence-corrected chi connectivity index (χ0v) is 15.8. The van der Waals surface area contributed by atoms with E-state index >= 15 is 0 Å². The Morgan fingerprint density at radius 2 is 1.93 bits per heavy atom. The first kappa shape index (κ1) is 18.9. The minimum atomic E-state index is -4.35. The maximum Gasteiger partial charge on any atom is 0.416 e. The molecule has 0 fully saturated rings. The molecule has 3 aromatic rings. The van der Waals surface area contributed by atoms with Crippen molar-refractivity contribution in [2.24, 2.45) is 7.05 Å². The van der Waals surface area contributed by atoms with Gasteiger partial charge in [-0.2, -0.15) is 18.3 Å². The van der Waals surface area contributed by atoms with E-state index in [-0.39, 0.29) is 0 Å². The van der Waals surface area contributed by atoms with Gasteiger partial charge in [-0.25, -0.2) is 9.97 Å². The van der Waals surface area contributed by atoms with Crippen molar-refractivity contribution in [3.05, 3.63) is 64.2 Å². The predicted octanol–water partition coefficient (Wildman–Crippen LogP) is 4.11. The summed E-state index contributed by atoms with van der Waals surface area (Å²) in [5, 5.41) is 5.01. The third-order valence-corrected chi connectivity index (χ3v) is 5.03. The zero-order valence-electron chi connectivity index (χ0n) is 15.0. The molecule has 0 amide bonds. The minimum Gasteiger partial charge on any atom is -0.293 e. The number of halogens is 4. The molecule has 4 rings (SSSR count). The Bertz CT molecular complexity index is 998. The van der Waals surface area contributed by atoms with Gasteiger partial charge in [0.05, 0.1) is 22.0 Å². The Morgan fingerprint density at radius 3 is 2.57 bits per heavy atom. The van der Waals surface area contributed by atoms with Gasteiger partial charge in [-0.15, -0.1) is 0 Å². The fourth-order valence-electron chi connectivity index (χ4n) is 3.28. The molecule has 146 valence electrons. The van der Waals surface area contributed by atoms with E-state index in [0.29, 0.717) is 29.5 Å². The third kappa shape index (κ3) is 3.88. The molecule has 0 spiro atoms. The number of hydrogen-bond acceptors (Lipinski definition) is 4. The molecule has 0 N–H and O–H groups in total. The predicted molar refractivity (Wildman–Crippen MR) is 98.5 cm³/mol. The van der Waals surface area contributed by atoms with Gasteiger partial charge < -0.3 is 0 Å². The lowest BCUT2D eigenvalue weighted by molar-refractivity contribution is -0.137. The molecule has 0 saturated carbocycles. The lowest BCUT2D eigenvalue weighted by atomic mass is 10.1. The van der Waals surface area contributed by atoms with Crippen LogP contribution < -0.4 is 0 Å². The maximum absolute atomic E-state index is 12.7. The smallest absolute Gasteiger partial charge is 0.293 e. The van der Waals surface area contributed by atoms with Crippen molar-refractivity contribution in [1.82, 2.24) is 24.6 Å². The monoisotopic (exact) mass is 407 g/mol. The van der Waals surface area contributed by atoms with E-state index in [1.807, 2.05) is 7.05 Å². The molecule has 5 nitrogen and oxygen atoms in total. The Balaban J connectivity index is 1.50. The van der Waals surface area contributed by atoms with Gasteiger partial charge in [-0.3, -0.25) is 9.58 Å². The van der Waals surface area contributed by atoms with E-state index in [9.17, 15) is 13.2 Å². The van der Waals surface area contributed by atoms with E-state index < -0.39 is 11.7 Å². The van der Waals surface area contributed by atoms with Gasteiger partial charge in [-0.05, 0) is 12.1 Å². The second-order valence-electron chi connectivity index (χ2n) is 6.80. The number of fused-ring (bicyclic) bond motifs is 1. The van der Waals surface area contributed by atoms with Crippen LogP contribution in [0.5, 0.6) is 0 Å². The number of aryl methyl sites for hydroxylation is 1. The number of nitrogens with zero attached hydrogens (tertiary/aromatic N) is 5. The molecule has 1 aliphatic heterocycles. The summed E-state index contributed by atoms with van der Waals surface area (Å²) < 4.78 is 39.8. The van der Waals surface area contributed by atoms with Crippen molar-refractivity contribution >= 4 is 11.6 Å². The fraction of sp³-hybridized carbons (Fsp3) is 0.316. The zero-order chi connectivity index (χ0) is 19.9. The number of rotatable bonds is 3. The van der Waals surface area contributed by atoms with Crippen molar-refractivity contribution in [1.29, 1.82) is 0 Å². The average Bonchev–Trinajstić information content (AvgIpc) is 2.97. The summed E-state index contributed by atoms with van der Waals surface area (Å²) in [4.78, 5) is 11.1. The number of aromatic nitrogens is 4. The van der Waals surface area contributed by atoms with Crippen molar-refractivity contribution in [3.63, 3.8) is 0 Å². The van der Waals surface area contributed by atoms with Crippen molar-refractivity contribution in [2.45, 2.75) is 25.7 Å². The molecule has 1 aliphatic rings. The second kappa shape index (κ2) is 7.18. The van der Waals surface area contributed by atoms with Crippen LogP contribution in [0.2, 0.25) is 5.02 Å². The van der Waals surface area contributed by atoms with Gasteiger partial charge >= 0.3 is 6.18 Å². The summed E-state index contributed by atoms with van der Waals surface area (Å²) in [6.45, 7) is 2.11. The SMILES string of the molecule is Cn1cc(Cl)c(CN2CCc3nc(-c4ccc(C(F)(F)F)cc4)ncc3C2)n1. The Morgan fingerprint density at radius 1 is 1.18 bits per heavy atom. The number of hydrogen-bond donors (Lipinski definition) is 0. The molecule has 9 heteroatoms. The summed E-state index contributed by atoms with van der Waals surface area (Å²) in [6, 6.07) is 4.92. The van der Waals surface area contributed by atoms with Crippen LogP contribution in [-0.4, -0.2) is 31.2 Å². The molecular formula is C19H17ClF3N5. The lowest BCUT2D eigenvalue weighted by Crippen LogP contribution is -2.31. The van der Waals surface area contributed by atoms with Crippen LogP contribution in [0.1, 0.15) is 22.5 Å². The molecule has 0 atom stereocenters. The number of benzene rings is 1. The van der Waals surface area contributed by atoms with Crippen molar-refractivity contribution < 1.29 is 13.2 Å². The van der Waals surface area contributed by atoms with Gasteiger partial charge in [0.1, 0.15) is 0 Å². The summed E-state index contributed by atoms with van der Waals surface area (Å²) in [7, 11) is 1.83. The standard InChI is InChI=1S/C19H17ClF3N5/c1-27-10-15(20)17(26-27)11-28-7-6-16-13(9-28)8-24-18(25-16)12-2-4-14(5-3-12)19(21,22)23/h2-5,8,10H,6-7,9,11H2,1H3. The van der Waals surface area contributed by atoms with Crippen molar-refractivity contribution in [3.8, 4) is 11.4 Å². The summed E-state index contributed by atoms with van der Waals surface area (Å²) >= 11 is 6.19. The minimum absolute atomic E-state index is 0.439. The summed E-state index contributed by atoms with van der Waals surface area (Å²) in [5.74, 6) is 0.439. The molecule has 0 unspecified atom stereocenters. The van der Waals surface area contributed by atoms with Crippen LogP contribution in [0.4, 0.5) is 13.2 Å². The van der Waals surface area contributed by atoms with Crippen LogP contribution >= 0.6 is 11.6 Å². The van der Waals surface area contributed by atoms with Crippen LogP contribution in [0, 0.1) is 0 Å². The lowest BCUT2D eigenvalue weighted by Gasteiger charge is -2.27. The first-order valence-corrected chi connectivity index (χ1v) is 9.10. The summed E-state index contributed by atoms with van der Waals surface area (Å²) in [6.07, 6.45) is -0.0963. The first-order chi connectivity index (χ1) is 13.3. The Kier molecular flexibility index (Phi) is 4.84. The average molecular weight is 408 g/mol. The third-order valence-electron chi connectivity index (χ3n) is 4.71. The quantitative estimate of drug-likeness (QED) is 0.655. The van der Waals surface area contributed by atoms with E-state index in [4.69, 9.17) is 11.6 Å². The largest absolute Gasteiger partial charge is 0.416 e.